The van der Waals surface area contributed by atoms with Gasteiger partial charge >= 0.3 is 0 Å². The van der Waals surface area contributed by atoms with Crippen LogP contribution in [-0.2, 0) is 9.59 Å². The maximum atomic E-state index is 13.1. The second kappa shape index (κ2) is 8.30. The molecule has 156 valence electrons. The molecule has 1 unspecified atom stereocenters. The standard InChI is InChI=1S/C24H26N2O4/c1-15-14-18(30-2)8-9-19(15)22(27)20-21(16-10-12-25-13-11-16)26(24(29)23(20)28)17-6-4-3-5-7-17/h8-14,17,21,27H,3-7H2,1-2H3/b22-20-. The van der Waals surface area contributed by atoms with Crippen LogP contribution in [0.15, 0.2) is 48.3 Å². The minimum absolute atomic E-state index is 0.00405. The molecule has 2 fully saturated rings. The number of pyridine rings is 1. The molecule has 4 rings (SSSR count). The molecule has 1 N–H and O–H groups in total. The monoisotopic (exact) mass is 406 g/mol. The van der Waals surface area contributed by atoms with Crippen molar-refractivity contribution in [2.75, 3.05) is 7.11 Å². The Balaban J connectivity index is 1.87. The van der Waals surface area contributed by atoms with Gasteiger partial charge < -0.3 is 14.7 Å². The molecule has 1 saturated heterocycles. The number of ketones is 1. The Bertz CT molecular complexity index is 994. The van der Waals surface area contributed by atoms with Gasteiger partial charge in [-0.3, -0.25) is 14.6 Å². The van der Waals surface area contributed by atoms with E-state index in [4.69, 9.17) is 4.74 Å². The number of hydrogen-bond acceptors (Lipinski definition) is 5. The van der Waals surface area contributed by atoms with Crippen molar-refractivity contribution < 1.29 is 19.4 Å². The van der Waals surface area contributed by atoms with E-state index in [-0.39, 0.29) is 17.4 Å². The lowest BCUT2D eigenvalue weighted by Crippen LogP contribution is -2.40. The first-order valence-electron chi connectivity index (χ1n) is 10.4. The highest BCUT2D eigenvalue weighted by Crippen LogP contribution is 2.43. The molecule has 0 radical (unpaired) electrons. The maximum Gasteiger partial charge on any atom is 0.295 e. The zero-order chi connectivity index (χ0) is 21.3. The van der Waals surface area contributed by atoms with Crippen LogP contribution >= 0.6 is 0 Å². The molecule has 1 atom stereocenters. The predicted molar refractivity (Wildman–Crippen MR) is 113 cm³/mol. The number of aliphatic hydroxyl groups is 1. The molecule has 0 spiro atoms. The third kappa shape index (κ3) is 3.47. The van der Waals surface area contributed by atoms with Crippen LogP contribution < -0.4 is 4.74 Å². The normalized spacial score (nSPS) is 21.8. The lowest BCUT2D eigenvalue weighted by atomic mass is 9.91. The Labute approximate surface area is 176 Å². The molecule has 2 heterocycles. The van der Waals surface area contributed by atoms with Gasteiger partial charge in [-0.2, -0.15) is 0 Å². The van der Waals surface area contributed by atoms with Gasteiger partial charge in [0.1, 0.15) is 11.5 Å². The van der Waals surface area contributed by atoms with Crippen molar-refractivity contribution in [1.29, 1.82) is 0 Å². The summed E-state index contributed by atoms with van der Waals surface area (Å²) in [6, 6.07) is 8.25. The minimum atomic E-state index is -0.630. The van der Waals surface area contributed by atoms with Gasteiger partial charge in [-0.05, 0) is 61.2 Å². The molecular formula is C24H26N2O4. The number of carbonyl (C=O) groups is 2. The van der Waals surface area contributed by atoms with Crippen LogP contribution in [-0.4, -0.2) is 39.8 Å². The highest BCUT2D eigenvalue weighted by atomic mass is 16.5. The van der Waals surface area contributed by atoms with E-state index in [1.807, 2.05) is 6.92 Å². The number of Topliss-reactive ketones (excluding diaryl/α,β-unsaturated/α-hetero) is 1. The van der Waals surface area contributed by atoms with E-state index >= 15 is 0 Å². The number of benzene rings is 1. The molecule has 1 amide bonds. The average Bonchev–Trinajstić information content (AvgIpc) is 3.05. The van der Waals surface area contributed by atoms with E-state index < -0.39 is 17.7 Å². The largest absolute Gasteiger partial charge is 0.507 e. The number of aromatic nitrogens is 1. The molecule has 2 aromatic rings. The lowest BCUT2D eigenvalue weighted by molar-refractivity contribution is -0.141. The van der Waals surface area contributed by atoms with Gasteiger partial charge in [0.15, 0.2) is 0 Å². The Morgan fingerprint density at radius 2 is 1.80 bits per heavy atom. The van der Waals surface area contributed by atoms with Crippen molar-refractivity contribution in [2.45, 2.75) is 51.1 Å². The summed E-state index contributed by atoms with van der Waals surface area (Å²) in [5, 5.41) is 11.2. The molecule has 1 aromatic carbocycles. The number of amides is 1. The minimum Gasteiger partial charge on any atom is -0.507 e. The Hall–Kier alpha value is -3.15. The zero-order valence-corrected chi connectivity index (χ0v) is 17.3. The number of rotatable bonds is 4. The fourth-order valence-corrected chi connectivity index (χ4v) is 4.63. The molecule has 0 bridgehead atoms. The van der Waals surface area contributed by atoms with Crippen LogP contribution in [0.3, 0.4) is 0 Å². The second-order valence-corrected chi connectivity index (χ2v) is 7.96. The summed E-state index contributed by atoms with van der Waals surface area (Å²) in [7, 11) is 1.58. The summed E-state index contributed by atoms with van der Waals surface area (Å²) < 4.78 is 5.25. The van der Waals surface area contributed by atoms with Crippen molar-refractivity contribution >= 4 is 17.4 Å². The maximum absolute atomic E-state index is 13.1. The van der Waals surface area contributed by atoms with Gasteiger partial charge in [0.25, 0.3) is 11.7 Å². The molecule has 1 saturated carbocycles. The quantitative estimate of drug-likeness (QED) is 0.469. The van der Waals surface area contributed by atoms with Crippen LogP contribution in [0.25, 0.3) is 5.76 Å². The zero-order valence-electron chi connectivity index (χ0n) is 17.3. The first-order valence-corrected chi connectivity index (χ1v) is 10.4. The van der Waals surface area contributed by atoms with Gasteiger partial charge in [0.05, 0.1) is 18.7 Å². The molecule has 30 heavy (non-hydrogen) atoms. The molecule has 6 nitrogen and oxygen atoms in total. The molecule has 1 aliphatic heterocycles. The number of hydrogen-bond donors (Lipinski definition) is 1. The van der Waals surface area contributed by atoms with E-state index in [1.54, 1.807) is 54.7 Å². The predicted octanol–water partition coefficient (Wildman–Crippen LogP) is 4.15. The van der Waals surface area contributed by atoms with Crippen LogP contribution in [0, 0.1) is 6.92 Å². The van der Waals surface area contributed by atoms with Crippen LogP contribution in [0.4, 0.5) is 0 Å². The lowest BCUT2D eigenvalue weighted by Gasteiger charge is -2.35. The topological polar surface area (TPSA) is 79.7 Å². The fourth-order valence-electron chi connectivity index (χ4n) is 4.63. The Morgan fingerprint density at radius 1 is 1.10 bits per heavy atom. The highest BCUT2D eigenvalue weighted by molar-refractivity contribution is 6.46. The smallest absolute Gasteiger partial charge is 0.295 e. The third-order valence-corrected chi connectivity index (χ3v) is 6.16. The van der Waals surface area contributed by atoms with E-state index in [0.29, 0.717) is 11.3 Å². The molecule has 6 heteroatoms. The number of nitrogens with zero attached hydrogens (tertiary/aromatic N) is 2. The third-order valence-electron chi connectivity index (χ3n) is 6.16. The first kappa shape index (κ1) is 20.1. The summed E-state index contributed by atoms with van der Waals surface area (Å²) in [5.74, 6) is -0.641. The summed E-state index contributed by atoms with van der Waals surface area (Å²) >= 11 is 0. The Morgan fingerprint density at radius 3 is 2.43 bits per heavy atom. The first-order chi connectivity index (χ1) is 14.5. The van der Waals surface area contributed by atoms with Gasteiger partial charge in [-0.1, -0.05) is 19.3 Å². The van der Waals surface area contributed by atoms with Gasteiger partial charge in [0.2, 0.25) is 0 Å². The average molecular weight is 406 g/mol. The number of likely N-dealkylation sites (tertiary alicyclic amines) is 1. The summed E-state index contributed by atoms with van der Waals surface area (Å²) in [5.41, 5.74) is 2.22. The van der Waals surface area contributed by atoms with E-state index in [0.717, 1.165) is 43.2 Å². The van der Waals surface area contributed by atoms with Gasteiger partial charge in [-0.25, -0.2) is 0 Å². The number of methoxy groups -OCH3 is 1. The van der Waals surface area contributed by atoms with E-state index in [2.05, 4.69) is 4.98 Å². The SMILES string of the molecule is COc1ccc(/C(O)=C2/C(=O)C(=O)N(C3CCCCC3)C2c2ccncc2)c(C)c1. The summed E-state index contributed by atoms with van der Waals surface area (Å²) in [6.07, 6.45) is 8.25. The van der Waals surface area contributed by atoms with Gasteiger partial charge in [-0.15, -0.1) is 0 Å². The molecule has 2 aliphatic rings. The van der Waals surface area contributed by atoms with Crippen LogP contribution in [0.1, 0.15) is 54.8 Å². The van der Waals surface area contributed by atoms with Crippen LogP contribution in [0.5, 0.6) is 5.75 Å². The highest BCUT2D eigenvalue weighted by Gasteiger charge is 2.48. The van der Waals surface area contributed by atoms with E-state index in [1.165, 1.54) is 0 Å². The number of ether oxygens (including phenoxy) is 1. The fraction of sp³-hybridized carbons (Fsp3) is 0.375. The van der Waals surface area contributed by atoms with E-state index in [9.17, 15) is 14.7 Å². The molecule has 1 aromatic heterocycles. The number of carbonyl (C=O) groups excluding carboxylic acids is 2. The number of aliphatic hydroxyl groups excluding tert-OH is 1. The van der Waals surface area contributed by atoms with Crippen LogP contribution in [0.2, 0.25) is 0 Å². The molecule has 1 aliphatic carbocycles. The second-order valence-electron chi connectivity index (χ2n) is 7.96. The Kier molecular flexibility index (Phi) is 5.57. The van der Waals surface area contributed by atoms with Gasteiger partial charge in [0, 0.05) is 24.0 Å². The number of aryl methyl sites for hydroxylation is 1. The van der Waals surface area contributed by atoms with Crippen molar-refractivity contribution in [3.63, 3.8) is 0 Å². The van der Waals surface area contributed by atoms with Crippen molar-refractivity contribution in [3.8, 4) is 5.75 Å². The molecular weight excluding hydrogens is 380 g/mol. The van der Waals surface area contributed by atoms with Crippen molar-refractivity contribution in [2.24, 2.45) is 0 Å². The van der Waals surface area contributed by atoms with Crippen molar-refractivity contribution in [3.05, 3.63) is 65.0 Å². The summed E-state index contributed by atoms with van der Waals surface area (Å²) in [4.78, 5) is 32.0. The van der Waals surface area contributed by atoms with Crippen molar-refractivity contribution in [1.82, 2.24) is 9.88 Å². The summed E-state index contributed by atoms with van der Waals surface area (Å²) in [6.45, 7) is 1.84.